The molecule has 0 amide bonds. The van der Waals surface area contributed by atoms with E-state index in [0.717, 1.165) is 17.7 Å². The van der Waals surface area contributed by atoms with E-state index in [1.165, 1.54) is 10.7 Å². The third-order valence-corrected chi connectivity index (χ3v) is 3.38. The molecule has 2 aromatic rings. The number of rotatable bonds is 2. The smallest absolute Gasteiger partial charge is 0.150 e. The fraction of sp³-hybridized carbons (Fsp3) is 0.250. The number of hydrogen-bond acceptors (Lipinski definition) is 1. The Balaban J connectivity index is 2.69. The van der Waals surface area contributed by atoms with Crippen molar-refractivity contribution >= 4 is 23.2 Å². The molecule has 0 aliphatic rings. The van der Waals surface area contributed by atoms with Gasteiger partial charge in [0.15, 0.2) is 0 Å². The van der Waals surface area contributed by atoms with Crippen molar-refractivity contribution in [2.75, 3.05) is 0 Å². The lowest BCUT2D eigenvalue weighted by atomic mass is 10.2. The Hall–Kier alpha value is -1.06. The molecule has 1 heterocycles. The molecule has 0 N–H and O–H groups in total. The van der Waals surface area contributed by atoms with Gasteiger partial charge < -0.3 is 0 Å². The Morgan fingerprint density at radius 3 is 2.59 bits per heavy atom. The predicted molar refractivity (Wildman–Crippen MR) is 67.7 cm³/mol. The van der Waals surface area contributed by atoms with Gasteiger partial charge in [-0.2, -0.15) is 5.10 Å². The van der Waals surface area contributed by atoms with Gasteiger partial charge in [0, 0.05) is 5.56 Å². The number of para-hydroxylation sites is 1. The third kappa shape index (κ3) is 2.05. The Morgan fingerprint density at radius 2 is 2.06 bits per heavy atom. The van der Waals surface area contributed by atoms with Gasteiger partial charge in [-0.15, -0.1) is 0 Å². The van der Waals surface area contributed by atoms with E-state index in [1.54, 1.807) is 12.1 Å². The van der Waals surface area contributed by atoms with Crippen LogP contribution in [0, 0.1) is 12.7 Å². The molecule has 0 radical (unpaired) electrons. The highest BCUT2D eigenvalue weighted by molar-refractivity contribution is 6.33. The van der Waals surface area contributed by atoms with Crippen LogP contribution in [0.15, 0.2) is 18.2 Å². The third-order valence-electron chi connectivity index (χ3n) is 2.63. The molecule has 0 bridgehead atoms. The Bertz CT molecular complexity index is 544. The molecule has 2 rings (SSSR count). The van der Waals surface area contributed by atoms with Crippen molar-refractivity contribution in [3.05, 3.63) is 45.4 Å². The first-order chi connectivity index (χ1) is 8.06. The van der Waals surface area contributed by atoms with E-state index in [-0.39, 0.29) is 10.7 Å². The summed E-state index contributed by atoms with van der Waals surface area (Å²) in [5.41, 5.74) is 1.89. The highest BCUT2D eigenvalue weighted by Crippen LogP contribution is 2.29. The maximum atomic E-state index is 13.8. The lowest BCUT2D eigenvalue weighted by Gasteiger charge is -2.06. The summed E-state index contributed by atoms with van der Waals surface area (Å²) in [6, 6.07) is 4.49. The van der Waals surface area contributed by atoms with Crippen molar-refractivity contribution in [2.45, 2.75) is 20.3 Å². The average Bonchev–Trinajstić information content (AvgIpc) is 2.57. The van der Waals surface area contributed by atoms with Crippen molar-refractivity contribution in [1.82, 2.24) is 9.78 Å². The summed E-state index contributed by atoms with van der Waals surface area (Å²) >= 11 is 12.1. The summed E-state index contributed by atoms with van der Waals surface area (Å²) in [5, 5.41) is 4.97. The van der Waals surface area contributed by atoms with Crippen LogP contribution in [-0.2, 0) is 6.42 Å². The van der Waals surface area contributed by atoms with Gasteiger partial charge in [-0.3, -0.25) is 0 Å². The van der Waals surface area contributed by atoms with Gasteiger partial charge in [0.1, 0.15) is 16.7 Å². The summed E-state index contributed by atoms with van der Waals surface area (Å²) in [6.45, 7) is 3.83. The van der Waals surface area contributed by atoms with Gasteiger partial charge in [0.2, 0.25) is 0 Å². The minimum absolute atomic E-state index is 0.196. The molecule has 2 nitrogen and oxygen atoms in total. The van der Waals surface area contributed by atoms with Crippen LogP contribution in [0.25, 0.3) is 5.69 Å². The monoisotopic (exact) mass is 272 g/mol. The van der Waals surface area contributed by atoms with Crippen molar-refractivity contribution in [3.8, 4) is 5.69 Å². The van der Waals surface area contributed by atoms with Gasteiger partial charge in [0.25, 0.3) is 0 Å². The second-order valence-corrected chi connectivity index (χ2v) is 4.46. The number of aryl methyl sites for hydroxylation is 1. The highest BCUT2D eigenvalue weighted by Gasteiger charge is 2.17. The SMILES string of the molecule is CCc1nn(-c2c(F)cccc2Cl)c(Cl)c1C. The average molecular weight is 273 g/mol. The lowest BCUT2D eigenvalue weighted by molar-refractivity contribution is 0.610. The molecule has 0 saturated heterocycles. The van der Waals surface area contributed by atoms with Crippen LogP contribution in [0.4, 0.5) is 4.39 Å². The Morgan fingerprint density at radius 1 is 1.35 bits per heavy atom. The molecule has 1 aromatic heterocycles. The Kier molecular flexibility index (Phi) is 3.40. The number of aromatic nitrogens is 2. The molecule has 0 spiro atoms. The summed E-state index contributed by atoms with van der Waals surface area (Å²) < 4.78 is 15.1. The highest BCUT2D eigenvalue weighted by atomic mass is 35.5. The number of hydrogen-bond donors (Lipinski definition) is 0. The number of nitrogens with zero attached hydrogens (tertiary/aromatic N) is 2. The minimum atomic E-state index is -0.440. The molecule has 0 aliphatic carbocycles. The first-order valence-corrected chi connectivity index (χ1v) is 6.00. The fourth-order valence-electron chi connectivity index (χ4n) is 1.69. The largest absolute Gasteiger partial charge is 0.217 e. The fourth-order valence-corrected chi connectivity index (χ4v) is 2.17. The quantitative estimate of drug-likeness (QED) is 0.802. The van der Waals surface area contributed by atoms with Gasteiger partial charge >= 0.3 is 0 Å². The molecule has 0 saturated carbocycles. The molecular weight excluding hydrogens is 262 g/mol. The van der Waals surface area contributed by atoms with E-state index < -0.39 is 5.82 Å². The summed E-state index contributed by atoms with van der Waals surface area (Å²) in [4.78, 5) is 0. The number of halogens is 3. The van der Waals surface area contributed by atoms with Gasteiger partial charge in [-0.1, -0.05) is 36.2 Å². The zero-order chi connectivity index (χ0) is 12.6. The Labute approximate surface area is 109 Å². The van der Waals surface area contributed by atoms with Gasteiger partial charge in [-0.25, -0.2) is 9.07 Å². The van der Waals surface area contributed by atoms with E-state index in [1.807, 2.05) is 13.8 Å². The molecule has 90 valence electrons. The molecule has 0 fully saturated rings. The van der Waals surface area contributed by atoms with E-state index >= 15 is 0 Å². The van der Waals surface area contributed by atoms with Crippen LogP contribution in [0.5, 0.6) is 0 Å². The molecule has 17 heavy (non-hydrogen) atoms. The number of benzene rings is 1. The van der Waals surface area contributed by atoms with Gasteiger partial charge in [0.05, 0.1) is 10.7 Å². The topological polar surface area (TPSA) is 17.8 Å². The minimum Gasteiger partial charge on any atom is -0.217 e. The van der Waals surface area contributed by atoms with E-state index in [0.29, 0.717) is 5.15 Å². The molecule has 1 aromatic carbocycles. The van der Waals surface area contributed by atoms with Crippen molar-refractivity contribution in [2.24, 2.45) is 0 Å². The first kappa shape index (κ1) is 12.4. The maximum absolute atomic E-state index is 13.8. The van der Waals surface area contributed by atoms with Crippen LogP contribution >= 0.6 is 23.2 Å². The van der Waals surface area contributed by atoms with Crippen LogP contribution < -0.4 is 0 Å². The summed E-state index contributed by atoms with van der Waals surface area (Å²) in [5.74, 6) is -0.440. The normalized spacial score (nSPS) is 10.9. The summed E-state index contributed by atoms with van der Waals surface area (Å²) in [7, 11) is 0. The van der Waals surface area contributed by atoms with Crippen LogP contribution in [0.1, 0.15) is 18.2 Å². The molecule has 5 heteroatoms. The van der Waals surface area contributed by atoms with Crippen LogP contribution in [-0.4, -0.2) is 9.78 Å². The van der Waals surface area contributed by atoms with Gasteiger partial charge in [-0.05, 0) is 25.5 Å². The zero-order valence-corrected chi connectivity index (χ0v) is 11.0. The second kappa shape index (κ2) is 4.67. The van der Waals surface area contributed by atoms with E-state index in [4.69, 9.17) is 23.2 Å². The zero-order valence-electron chi connectivity index (χ0n) is 9.47. The molecule has 0 atom stereocenters. The standard InChI is InChI=1S/C12H11Cl2FN2/c1-3-10-7(2)12(14)17(16-10)11-8(13)5-4-6-9(11)15/h4-6H,3H2,1-2H3. The molecular formula is C12H11Cl2FN2. The van der Waals surface area contributed by atoms with Crippen molar-refractivity contribution < 1.29 is 4.39 Å². The van der Waals surface area contributed by atoms with Crippen LogP contribution in [0.2, 0.25) is 10.2 Å². The predicted octanol–water partition coefficient (Wildman–Crippen LogP) is 4.19. The van der Waals surface area contributed by atoms with Crippen molar-refractivity contribution in [1.29, 1.82) is 0 Å². The molecule has 0 unspecified atom stereocenters. The van der Waals surface area contributed by atoms with E-state index in [2.05, 4.69) is 5.10 Å². The molecule has 0 aliphatic heterocycles. The van der Waals surface area contributed by atoms with Crippen molar-refractivity contribution in [3.63, 3.8) is 0 Å². The van der Waals surface area contributed by atoms with Crippen LogP contribution in [0.3, 0.4) is 0 Å². The summed E-state index contributed by atoms with van der Waals surface area (Å²) in [6.07, 6.45) is 0.741. The maximum Gasteiger partial charge on any atom is 0.150 e. The van der Waals surface area contributed by atoms with E-state index in [9.17, 15) is 4.39 Å². The first-order valence-electron chi connectivity index (χ1n) is 5.24. The lowest BCUT2D eigenvalue weighted by Crippen LogP contribution is -2.01. The second-order valence-electron chi connectivity index (χ2n) is 3.70.